The molecule has 0 radical (unpaired) electrons. The lowest BCUT2D eigenvalue weighted by atomic mass is 10.0. The number of unbranched alkanes of at least 4 members (excludes halogenated alkanes) is 44. The van der Waals surface area contributed by atoms with Gasteiger partial charge in [-0.15, -0.1) is 0 Å². The van der Waals surface area contributed by atoms with Crippen LogP contribution in [0.15, 0.2) is 72.9 Å². The number of hydrogen-bond donors (Lipinski definition) is 0. The van der Waals surface area contributed by atoms with Crippen molar-refractivity contribution in [2.75, 3.05) is 13.2 Å². The number of ether oxygens (including phenoxy) is 3. The lowest BCUT2D eigenvalue weighted by Gasteiger charge is -2.18. The molecule has 0 saturated carbocycles. The van der Waals surface area contributed by atoms with E-state index in [1.807, 2.05) is 0 Å². The standard InChI is InChI=1S/C77H138O6/c1-4-7-10-13-16-19-22-25-28-31-34-36-37-38-39-41-43-46-49-52-55-58-61-64-67-70-76(79)82-73-74(72-81-75(78)69-66-63-60-57-54-51-48-45-42-33-30-27-24-21-18-15-12-9-6-3)83-77(80)71-68-65-62-59-56-53-50-47-44-40-35-32-29-26-23-20-17-14-11-8-5-2/h18,21,23,26-27,30,32,35,42,44-45,47,74H,4-17,19-20,22,24-25,28-29,31,33-34,36-41,43,46,48-73H2,1-3H3/b21-18-,26-23-,30-27-,35-32-,45-42-,47-44-. The van der Waals surface area contributed by atoms with Gasteiger partial charge in [-0.2, -0.15) is 0 Å². The fraction of sp³-hybridized carbons (Fsp3) is 0.805. The molecule has 0 amide bonds. The molecule has 0 rings (SSSR count). The molecule has 0 saturated heterocycles. The van der Waals surface area contributed by atoms with Crippen molar-refractivity contribution in [1.29, 1.82) is 0 Å². The quantitative estimate of drug-likeness (QED) is 0.0261. The van der Waals surface area contributed by atoms with Crippen molar-refractivity contribution in [3.8, 4) is 0 Å². The van der Waals surface area contributed by atoms with Crippen LogP contribution in [0, 0.1) is 0 Å². The molecule has 0 aliphatic heterocycles. The Balaban J connectivity index is 4.36. The summed E-state index contributed by atoms with van der Waals surface area (Å²) in [4.78, 5) is 38.5. The second kappa shape index (κ2) is 71.3. The van der Waals surface area contributed by atoms with Crippen LogP contribution in [-0.2, 0) is 28.6 Å². The Morgan fingerprint density at radius 2 is 0.434 bits per heavy atom. The van der Waals surface area contributed by atoms with E-state index in [1.54, 1.807) is 0 Å². The van der Waals surface area contributed by atoms with E-state index in [-0.39, 0.29) is 31.1 Å². The van der Waals surface area contributed by atoms with Crippen LogP contribution in [0.5, 0.6) is 0 Å². The Bertz CT molecular complexity index is 1520. The summed E-state index contributed by atoms with van der Waals surface area (Å²) in [5.74, 6) is -0.885. The van der Waals surface area contributed by atoms with Crippen LogP contribution in [0.2, 0.25) is 0 Å². The van der Waals surface area contributed by atoms with E-state index in [4.69, 9.17) is 14.2 Å². The van der Waals surface area contributed by atoms with Crippen molar-refractivity contribution in [3.05, 3.63) is 72.9 Å². The van der Waals surface area contributed by atoms with E-state index in [0.717, 1.165) is 103 Å². The van der Waals surface area contributed by atoms with E-state index >= 15 is 0 Å². The lowest BCUT2D eigenvalue weighted by molar-refractivity contribution is -0.167. The van der Waals surface area contributed by atoms with E-state index in [9.17, 15) is 14.4 Å². The summed E-state index contributed by atoms with van der Waals surface area (Å²) < 4.78 is 17.0. The first-order chi connectivity index (χ1) is 41.0. The molecule has 0 fully saturated rings. The molecule has 482 valence electrons. The molecule has 6 heteroatoms. The zero-order valence-corrected chi connectivity index (χ0v) is 55.5. The van der Waals surface area contributed by atoms with Crippen LogP contribution in [0.25, 0.3) is 0 Å². The Labute approximate surface area is 516 Å². The summed E-state index contributed by atoms with van der Waals surface area (Å²) in [5, 5.41) is 0. The average molecular weight is 1160 g/mol. The van der Waals surface area contributed by atoms with E-state index < -0.39 is 6.10 Å². The van der Waals surface area contributed by atoms with Crippen molar-refractivity contribution < 1.29 is 28.6 Å². The van der Waals surface area contributed by atoms with E-state index in [1.165, 1.54) is 238 Å². The van der Waals surface area contributed by atoms with Gasteiger partial charge in [-0.25, -0.2) is 0 Å². The average Bonchev–Trinajstić information content (AvgIpc) is 3.49. The predicted octanol–water partition coefficient (Wildman–Crippen LogP) is 25.2. The fourth-order valence-corrected chi connectivity index (χ4v) is 10.7. The van der Waals surface area contributed by atoms with Gasteiger partial charge in [-0.1, -0.05) is 338 Å². The summed E-state index contributed by atoms with van der Waals surface area (Å²) in [6, 6.07) is 0. The minimum atomic E-state index is -0.790. The first-order valence-corrected chi connectivity index (χ1v) is 36.4. The lowest BCUT2D eigenvalue weighted by Crippen LogP contribution is -2.30. The molecule has 0 bridgehead atoms. The van der Waals surface area contributed by atoms with Crippen LogP contribution < -0.4 is 0 Å². The summed E-state index contributed by atoms with van der Waals surface area (Å²) in [6.45, 7) is 6.64. The number of carbonyl (C=O) groups excluding carboxylic acids is 3. The number of allylic oxidation sites excluding steroid dienone is 12. The number of rotatable bonds is 67. The molecule has 1 unspecified atom stereocenters. The molecule has 6 nitrogen and oxygen atoms in total. The fourth-order valence-electron chi connectivity index (χ4n) is 10.7. The Hall–Kier alpha value is -3.15. The summed E-state index contributed by atoms with van der Waals surface area (Å²) in [5.41, 5.74) is 0. The minimum Gasteiger partial charge on any atom is -0.462 e. The molecule has 83 heavy (non-hydrogen) atoms. The molecular weight excluding hydrogens is 1020 g/mol. The SMILES string of the molecule is CCCCC/C=C\C/C=C\C/C=C\CCCCCCCCC(=O)OCC(COC(=O)CCCCCCCCCCCCCCCCCCCCCCCCCCC)OC(=O)CCCCCCCC/C=C\C/C=C\C/C=C\CCCCCCC. The molecule has 0 aromatic carbocycles. The molecule has 0 aromatic rings. The van der Waals surface area contributed by atoms with Gasteiger partial charge >= 0.3 is 17.9 Å². The van der Waals surface area contributed by atoms with Crippen LogP contribution in [-0.4, -0.2) is 37.2 Å². The molecule has 0 aromatic heterocycles. The zero-order valence-electron chi connectivity index (χ0n) is 55.5. The third kappa shape index (κ3) is 69.5. The third-order valence-electron chi connectivity index (χ3n) is 16.2. The largest absolute Gasteiger partial charge is 0.462 e. The van der Waals surface area contributed by atoms with Crippen LogP contribution >= 0.6 is 0 Å². The van der Waals surface area contributed by atoms with Crippen LogP contribution in [0.3, 0.4) is 0 Å². The smallest absolute Gasteiger partial charge is 0.306 e. The van der Waals surface area contributed by atoms with Gasteiger partial charge in [0.25, 0.3) is 0 Å². The van der Waals surface area contributed by atoms with Gasteiger partial charge in [-0.3, -0.25) is 14.4 Å². The maximum Gasteiger partial charge on any atom is 0.306 e. The van der Waals surface area contributed by atoms with E-state index in [2.05, 4.69) is 93.7 Å². The highest BCUT2D eigenvalue weighted by molar-refractivity contribution is 5.71. The van der Waals surface area contributed by atoms with Crippen molar-refractivity contribution in [3.63, 3.8) is 0 Å². The van der Waals surface area contributed by atoms with Crippen molar-refractivity contribution in [1.82, 2.24) is 0 Å². The molecule has 0 heterocycles. The first kappa shape index (κ1) is 79.8. The topological polar surface area (TPSA) is 78.9 Å². The highest BCUT2D eigenvalue weighted by Gasteiger charge is 2.19. The predicted molar refractivity (Wildman–Crippen MR) is 362 cm³/mol. The van der Waals surface area contributed by atoms with Gasteiger partial charge in [-0.05, 0) is 96.3 Å². The van der Waals surface area contributed by atoms with Gasteiger partial charge in [0.15, 0.2) is 6.10 Å². The summed E-state index contributed by atoms with van der Waals surface area (Å²) >= 11 is 0. The maximum absolute atomic E-state index is 13.0. The van der Waals surface area contributed by atoms with Gasteiger partial charge in [0.2, 0.25) is 0 Å². The molecule has 0 spiro atoms. The Kier molecular flexibility index (Phi) is 68.6. The molecule has 0 aliphatic carbocycles. The van der Waals surface area contributed by atoms with Gasteiger partial charge in [0.05, 0.1) is 0 Å². The van der Waals surface area contributed by atoms with Crippen LogP contribution in [0.4, 0.5) is 0 Å². The second-order valence-electron chi connectivity index (χ2n) is 24.5. The molecule has 0 N–H and O–H groups in total. The van der Waals surface area contributed by atoms with Gasteiger partial charge in [0, 0.05) is 19.3 Å². The minimum absolute atomic E-state index is 0.0819. The molecule has 1 atom stereocenters. The summed E-state index contributed by atoms with van der Waals surface area (Å²) in [7, 11) is 0. The maximum atomic E-state index is 13.0. The normalized spacial score (nSPS) is 12.5. The van der Waals surface area contributed by atoms with Crippen molar-refractivity contribution >= 4 is 17.9 Å². The molecular formula is C77H138O6. The van der Waals surface area contributed by atoms with Crippen LogP contribution in [0.1, 0.15) is 380 Å². The zero-order chi connectivity index (χ0) is 59.9. The van der Waals surface area contributed by atoms with Gasteiger partial charge in [0.1, 0.15) is 13.2 Å². The van der Waals surface area contributed by atoms with Crippen molar-refractivity contribution in [2.45, 2.75) is 386 Å². The van der Waals surface area contributed by atoms with Crippen molar-refractivity contribution in [2.24, 2.45) is 0 Å². The highest BCUT2D eigenvalue weighted by atomic mass is 16.6. The summed E-state index contributed by atoms with van der Waals surface area (Å²) in [6.07, 6.45) is 93.6. The second-order valence-corrected chi connectivity index (χ2v) is 24.5. The number of carbonyl (C=O) groups is 3. The highest BCUT2D eigenvalue weighted by Crippen LogP contribution is 2.18. The number of hydrogen-bond acceptors (Lipinski definition) is 6. The number of esters is 3. The molecule has 0 aliphatic rings. The first-order valence-electron chi connectivity index (χ1n) is 36.4. The third-order valence-corrected chi connectivity index (χ3v) is 16.2. The van der Waals surface area contributed by atoms with Gasteiger partial charge < -0.3 is 14.2 Å². The Morgan fingerprint density at radius 3 is 0.699 bits per heavy atom. The monoisotopic (exact) mass is 1160 g/mol. The van der Waals surface area contributed by atoms with E-state index in [0.29, 0.717) is 19.3 Å². The Morgan fingerprint density at radius 1 is 0.241 bits per heavy atom.